The molecule has 1 saturated heterocycles. The molecule has 1 aliphatic heterocycles. The molecule has 0 radical (unpaired) electrons. The number of likely N-dealkylation sites (N-methyl/N-ethyl adjacent to an activating group) is 1. The molecule has 0 aromatic heterocycles. The summed E-state index contributed by atoms with van der Waals surface area (Å²) in [4.78, 5) is 40.9. The minimum atomic E-state index is -1.48. The van der Waals surface area contributed by atoms with Gasteiger partial charge in [-0.25, -0.2) is 9.18 Å². The first kappa shape index (κ1) is 20.8. The van der Waals surface area contributed by atoms with Crippen molar-refractivity contribution in [1.29, 1.82) is 0 Å². The lowest BCUT2D eigenvalue weighted by molar-refractivity contribution is -0.134. The van der Waals surface area contributed by atoms with Gasteiger partial charge in [0.1, 0.15) is 17.9 Å². The maximum atomic E-state index is 13.4. The molecular formula is C21H21ClFN3O3. The topological polar surface area (TPSA) is 69.7 Å². The van der Waals surface area contributed by atoms with E-state index in [9.17, 15) is 18.8 Å². The van der Waals surface area contributed by atoms with E-state index in [0.717, 1.165) is 28.3 Å². The van der Waals surface area contributed by atoms with Crippen molar-refractivity contribution in [3.8, 4) is 0 Å². The highest BCUT2D eigenvalue weighted by molar-refractivity contribution is 6.32. The Morgan fingerprint density at radius 1 is 1.24 bits per heavy atom. The van der Waals surface area contributed by atoms with Crippen molar-refractivity contribution in [2.45, 2.75) is 26.3 Å². The van der Waals surface area contributed by atoms with Crippen LogP contribution >= 0.6 is 11.6 Å². The molecule has 1 atom stereocenters. The standard InChI is InChI=1S/C21H21ClFN3O3/c1-4-25(17-8-6-5-7-13(17)2)18(27)12-26-19(28)21(3,24-20(26)29)15-10-9-14(23)11-16(15)22/h5-11H,4,12H2,1-3H3,(H,24,29). The van der Waals surface area contributed by atoms with E-state index in [-0.39, 0.29) is 16.5 Å². The van der Waals surface area contributed by atoms with Crippen molar-refractivity contribution in [3.63, 3.8) is 0 Å². The van der Waals surface area contributed by atoms with Gasteiger partial charge in [-0.1, -0.05) is 35.9 Å². The second-order valence-corrected chi connectivity index (χ2v) is 7.40. The first-order chi connectivity index (χ1) is 13.7. The lowest BCUT2D eigenvalue weighted by atomic mass is 9.92. The van der Waals surface area contributed by atoms with Gasteiger partial charge in [0, 0.05) is 22.8 Å². The van der Waals surface area contributed by atoms with Crippen molar-refractivity contribution in [1.82, 2.24) is 10.2 Å². The summed E-state index contributed by atoms with van der Waals surface area (Å²) in [7, 11) is 0. The van der Waals surface area contributed by atoms with Gasteiger partial charge in [0.05, 0.1) is 0 Å². The van der Waals surface area contributed by atoms with E-state index in [1.165, 1.54) is 17.9 Å². The van der Waals surface area contributed by atoms with Crippen molar-refractivity contribution >= 4 is 35.1 Å². The van der Waals surface area contributed by atoms with E-state index < -0.39 is 29.8 Å². The van der Waals surface area contributed by atoms with Gasteiger partial charge in [-0.15, -0.1) is 0 Å². The number of benzene rings is 2. The first-order valence-corrected chi connectivity index (χ1v) is 9.52. The summed E-state index contributed by atoms with van der Waals surface area (Å²) in [6, 6.07) is 10.3. The summed E-state index contributed by atoms with van der Waals surface area (Å²) < 4.78 is 13.4. The van der Waals surface area contributed by atoms with Crippen molar-refractivity contribution in [3.05, 3.63) is 64.4 Å². The van der Waals surface area contributed by atoms with Gasteiger partial charge in [0.15, 0.2) is 0 Å². The number of carbonyl (C=O) groups excluding carboxylic acids is 3. The number of halogens is 2. The second-order valence-electron chi connectivity index (χ2n) is 7.00. The van der Waals surface area contributed by atoms with E-state index in [1.807, 2.05) is 38.1 Å². The third-order valence-corrected chi connectivity index (χ3v) is 5.37. The quantitative estimate of drug-likeness (QED) is 0.755. The number of anilines is 1. The highest BCUT2D eigenvalue weighted by atomic mass is 35.5. The molecule has 0 spiro atoms. The van der Waals surface area contributed by atoms with Crippen LogP contribution in [-0.4, -0.2) is 35.8 Å². The molecule has 1 aliphatic rings. The molecule has 6 nitrogen and oxygen atoms in total. The predicted octanol–water partition coefficient (Wildman–Crippen LogP) is 3.61. The third kappa shape index (κ3) is 3.70. The molecule has 1 unspecified atom stereocenters. The number of hydrogen-bond donors (Lipinski definition) is 1. The van der Waals surface area contributed by atoms with E-state index in [4.69, 9.17) is 11.6 Å². The smallest absolute Gasteiger partial charge is 0.319 e. The number of rotatable bonds is 5. The van der Waals surface area contributed by atoms with Crippen molar-refractivity contribution in [2.75, 3.05) is 18.0 Å². The molecule has 0 saturated carbocycles. The molecule has 2 aromatic rings. The molecule has 0 bridgehead atoms. The Balaban J connectivity index is 1.86. The van der Waals surface area contributed by atoms with Crippen LogP contribution < -0.4 is 10.2 Å². The number of nitrogens with one attached hydrogen (secondary N) is 1. The summed E-state index contributed by atoms with van der Waals surface area (Å²) in [5.74, 6) is -1.56. The summed E-state index contributed by atoms with van der Waals surface area (Å²) in [5, 5.41) is 2.60. The summed E-state index contributed by atoms with van der Waals surface area (Å²) in [6.07, 6.45) is 0. The number of aryl methyl sites for hydroxylation is 1. The SMILES string of the molecule is CCN(C(=O)CN1C(=O)NC(C)(c2ccc(F)cc2Cl)C1=O)c1ccccc1C. The molecule has 3 rings (SSSR count). The Morgan fingerprint density at radius 2 is 1.93 bits per heavy atom. The number of urea groups is 1. The number of amides is 4. The minimum Gasteiger partial charge on any atom is -0.319 e. The van der Waals surface area contributed by atoms with Crippen LogP contribution in [0.2, 0.25) is 5.02 Å². The number of para-hydroxylation sites is 1. The molecule has 29 heavy (non-hydrogen) atoms. The van der Waals surface area contributed by atoms with Gasteiger partial charge in [0.2, 0.25) is 5.91 Å². The molecule has 8 heteroatoms. The fourth-order valence-corrected chi connectivity index (χ4v) is 3.84. The zero-order valence-electron chi connectivity index (χ0n) is 16.3. The van der Waals surface area contributed by atoms with Gasteiger partial charge in [-0.2, -0.15) is 0 Å². The molecule has 1 N–H and O–H groups in total. The average molecular weight is 418 g/mol. The lowest BCUT2D eigenvalue weighted by Gasteiger charge is -2.26. The Morgan fingerprint density at radius 3 is 2.55 bits per heavy atom. The zero-order chi connectivity index (χ0) is 21.3. The van der Waals surface area contributed by atoms with Gasteiger partial charge < -0.3 is 10.2 Å². The fourth-order valence-electron chi connectivity index (χ4n) is 3.49. The first-order valence-electron chi connectivity index (χ1n) is 9.14. The lowest BCUT2D eigenvalue weighted by Crippen LogP contribution is -2.45. The maximum absolute atomic E-state index is 13.4. The van der Waals surface area contributed by atoms with Crippen LogP contribution in [0.25, 0.3) is 0 Å². The number of nitrogens with zero attached hydrogens (tertiary/aromatic N) is 2. The van der Waals surface area contributed by atoms with Crippen molar-refractivity contribution in [2.24, 2.45) is 0 Å². The largest absolute Gasteiger partial charge is 0.325 e. The van der Waals surface area contributed by atoms with Gasteiger partial charge in [0.25, 0.3) is 5.91 Å². The van der Waals surface area contributed by atoms with Crippen LogP contribution in [-0.2, 0) is 15.1 Å². The normalized spacial score (nSPS) is 18.7. The van der Waals surface area contributed by atoms with Crippen LogP contribution in [0.3, 0.4) is 0 Å². The highest BCUT2D eigenvalue weighted by Gasteiger charge is 2.50. The van der Waals surface area contributed by atoms with E-state index >= 15 is 0 Å². The van der Waals surface area contributed by atoms with Crippen LogP contribution in [0.15, 0.2) is 42.5 Å². The molecule has 2 aromatic carbocycles. The molecule has 4 amide bonds. The Bertz CT molecular complexity index is 997. The summed E-state index contributed by atoms with van der Waals surface area (Å²) >= 11 is 6.10. The third-order valence-electron chi connectivity index (χ3n) is 5.06. The van der Waals surface area contributed by atoms with Crippen LogP contribution in [0.1, 0.15) is 25.0 Å². The number of imide groups is 1. The number of carbonyl (C=O) groups is 3. The summed E-state index contributed by atoms with van der Waals surface area (Å²) in [5.41, 5.74) is 0.404. The molecule has 0 aliphatic carbocycles. The van der Waals surface area contributed by atoms with Crippen LogP contribution in [0.5, 0.6) is 0 Å². The van der Waals surface area contributed by atoms with Gasteiger partial charge >= 0.3 is 6.03 Å². The maximum Gasteiger partial charge on any atom is 0.325 e. The van der Waals surface area contributed by atoms with Crippen molar-refractivity contribution < 1.29 is 18.8 Å². The predicted molar refractivity (Wildman–Crippen MR) is 108 cm³/mol. The van der Waals surface area contributed by atoms with Gasteiger partial charge in [-0.3, -0.25) is 14.5 Å². The van der Waals surface area contributed by atoms with E-state index in [0.29, 0.717) is 6.54 Å². The molecule has 1 fully saturated rings. The fraction of sp³-hybridized carbons (Fsp3) is 0.286. The van der Waals surface area contributed by atoms with E-state index in [1.54, 1.807) is 0 Å². The highest BCUT2D eigenvalue weighted by Crippen LogP contribution is 2.34. The van der Waals surface area contributed by atoms with Crippen LogP contribution in [0.4, 0.5) is 14.9 Å². The Hall–Kier alpha value is -2.93. The van der Waals surface area contributed by atoms with E-state index in [2.05, 4.69) is 5.32 Å². The monoisotopic (exact) mass is 417 g/mol. The summed E-state index contributed by atoms with van der Waals surface area (Å²) in [6.45, 7) is 5.15. The van der Waals surface area contributed by atoms with Crippen LogP contribution in [0, 0.1) is 12.7 Å². The minimum absolute atomic E-state index is 0.0180. The average Bonchev–Trinajstić information content (AvgIpc) is 2.87. The Kier molecular flexibility index (Phi) is 5.61. The van der Waals surface area contributed by atoms with Gasteiger partial charge in [-0.05, 0) is 44.5 Å². The second kappa shape index (κ2) is 7.83. The molecule has 1 heterocycles. The Labute approximate surface area is 173 Å². The zero-order valence-corrected chi connectivity index (χ0v) is 17.1. The molecule has 152 valence electrons. The molecular weight excluding hydrogens is 397 g/mol. The number of hydrogen-bond acceptors (Lipinski definition) is 3.